The molecule has 10 heteroatoms. The van der Waals surface area contributed by atoms with Gasteiger partial charge in [0.15, 0.2) is 5.11 Å². The maximum Gasteiger partial charge on any atom is 0.256 e. The van der Waals surface area contributed by atoms with Gasteiger partial charge in [0.1, 0.15) is 17.6 Å². The number of hydrogen-bond donors (Lipinski definition) is 1. The van der Waals surface area contributed by atoms with E-state index in [0.29, 0.717) is 28.8 Å². The number of piperazine rings is 1. The molecule has 2 fully saturated rings. The predicted molar refractivity (Wildman–Crippen MR) is 166 cm³/mol. The fourth-order valence-corrected chi connectivity index (χ4v) is 5.87. The monoisotopic (exact) mass is 589 g/mol. The number of nitrogens with zero attached hydrogens (tertiary/aromatic N) is 4. The largest absolute Gasteiger partial charge is 0.497 e. The molecule has 0 radical (unpaired) electrons. The van der Waals surface area contributed by atoms with Crippen molar-refractivity contribution in [2.24, 2.45) is 0 Å². The van der Waals surface area contributed by atoms with E-state index in [4.69, 9.17) is 17.0 Å². The minimum atomic E-state index is -0.734. The van der Waals surface area contributed by atoms with Gasteiger partial charge in [-0.15, -0.1) is 0 Å². The standard InChI is InChI=1S/C32H36FN5O3S/c1-41-28-14-12-27(13-15-28)38-31(40)29(22-30(39)34-26-10-8-25(33)9-11-26)37(32(38)42)17-5-16-35-18-20-36(21-19-35)23-24-6-3-2-4-7-24/h2-4,6-15,29H,5,16-23H2,1H3,(H,34,39). The Balaban J connectivity index is 1.21. The van der Waals surface area contributed by atoms with Crippen LogP contribution in [0.5, 0.6) is 5.75 Å². The number of carbonyl (C=O) groups excluding carboxylic acids is 2. The lowest BCUT2D eigenvalue weighted by Gasteiger charge is -2.35. The minimum Gasteiger partial charge on any atom is -0.497 e. The number of benzene rings is 3. The fraction of sp³-hybridized carbons (Fsp3) is 0.344. The van der Waals surface area contributed by atoms with Gasteiger partial charge in [0.25, 0.3) is 5.91 Å². The van der Waals surface area contributed by atoms with Gasteiger partial charge < -0.3 is 19.9 Å². The zero-order chi connectivity index (χ0) is 29.5. The van der Waals surface area contributed by atoms with Gasteiger partial charge in [-0.05, 0) is 79.3 Å². The average molecular weight is 590 g/mol. The molecule has 1 unspecified atom stereocenters. The molecule has 0 saturated carbocycles. The lowest BCUT2D eigenvalue weighted by Crippen LogP contribution is -2.47. The molecule has 2 amide bonds. The summed E-state index contributed by atoms with van der Waals surface area (Å²) in [7, 11) is 1.58. The van der Waals surface area contributed by atoms with Crippen molar-refractivity contribution in [2.45, 2.75) is 25.4 Å². The molecular formula is C32H36FN5O3S. The first-order chi connectivity index (χ1) is 20.4. The molecule has 1 N–H and O–H groups in total. The third-order valence-electron chi connectivity index (χ3n) is 7.74. The van der Waals surface area contributed by atoms with Crippen LogP contribution in [0.25, 0.3) is 0 Å². The van der Waals surface area contributed by atoms with E-state index < -0.39 is 6.04 Å². The van der Waals surface area contributed by atoms with E-state index in [1.54, 1.807) is 31.4 Å². The van der Waals surface area contributed by atoms with Crippen LogP contribution in [-0.4, -0.2) is 84.0 Å². The Kier molecular flexibility index (Phi) is 9.78. The molecule has 2 aliphatic heterocycles. The Morgan fingerprint density at radius 1 is 0.929 bits per heavy atom. The molecule has 2 heterocycles. The molecule has 2 saturated heterocycles. The number of amides is 2. The van der Waals surface area contributed by atoms with Crippen molar-refractivity contribution >= 4 is 40.5 Å². The summed E-state index contributed by atoms with van der Waals surface area (Å²) < 4.78 is 18.6. The van der Waals surface area contributed by atoms with Crippen LogP contribution < -0.4 is 15.0 Å². The molecule has 1 atom stereocenters. The molecule has 220 valence electrons. The van der Waals surface area contributed by atoms with Gasteiger partial charge in [-0.3, -0.25) is 19.4 Å². The predicted octanol–water partition coefficient (Wildman–Crippen LogP) is 4.37. The molecule has 0 aromatic heterocycles. The van der Waals surface area contributed by atoms with Crippen LogP contribution in [0.3, 0.4) is 0 Å². The van der Waals surface area contributed by atoms with Crippen molar-refractivity contribution in [3.8, 4) is 5.75 Å². The van der Waals surface area contributed by atoms with Gasteiger partial charge in [0, 0.05) is 45.0 Å². The number of thiocarbonyl (C=S) groups is 1. The Morgan fingerprint density at radius 3 is 2.26 bits per heavy atom. The van der Waals surface area contributed by atoms with Crippen LogP contribution in [0.15, 0.2) is 78.9 Å². The van der Waals surface area contributed by atoms with Gasteiger partial charge in [0.05, 0.1) is 19.2 Å². The van der Waals surface area contributed by atoms with Crippen LogP contribution in [0.4, 0.5) is 15.8 Å². The molecule has 5 rings (SSSR count). The van der Waals surface area contributed by atoms with E-state index in [9.17, 15) is 14.0 Å². The first-order valence-electron chi connectivity index (χ1n) is 14.2. The van der Waals surface area contributed by atoms with E-state index >= 15 is 0 Å². The van der Waals surface area contributed by atoms with Gasteiger partial charge >= 0.3 is 0 Å². The average Bonchev–Trinajstić information content (AvgIpc) is 3.23. The van der Waals surface area contributed by atoms with Crippen LogP contribution in [0.2, 0.25) is 0 Å². The SMILES string of the molecule is COc1ccc(N2C(=O)C(CC(=O)Nc3ccc(F)cc3)N(CCCN3CCN(Cc4ccccc4)CC3)C2=S)cc1. The quantitative estimate of drug-likeness (QED) is 0.333. The second kappa shape index (κ2) is 13.9. The van der Waals surface area contributed by atoms with Gasteiger partial charge in [0.2, 0.25) is 5.91 Å². The number of nitrogens with one attached hydrogen (secondary N) is 1. The summed E-state index contributed by atoms with van der Waals surface area (Å²) in [5.74, 6) is -0.289. The molecule has 2 aliphatic rings. The van der Waals surface area contributed by atoms with Crippen molar-refractivity contribution < 1.29 is 18.7 Å². The summed E-state index contributed by atoms with van der Waals surface area (Å²) in [4.78, 5) is 35.0. The second-order valence-electron chi connectivity index (χ2n) is 10.6. The van der Waals surface area contributed by atoms with Crippen molar-refractivity contribution in [3.63, 3.8) is 0 Å². The summed E-state index contributed by atoms with van der Waals surface area (Å²) >= 11 is 5.81. The van der Waals surface area contributed by atoms with Gasteiger partial charge in [-0.2, -0.15) is 0 Å². The van der Waals surface area contributed by atoms with E-state index in [-0.39, 0.29) is 24.1 Å². The normalized spacial score (nSPS) is 18.0. The summed E-state index contributed by atoms with van der Waals surface area (Å²) in [5, 5.41) is 3.16. The third-order valence-corrected chi connectivity index (χ3v) is 8.16. The zero-order valence-corrected chi connectivity index (χ0v) is 24.6. The number of anilines is 2. The van der Waals surface area contributed by atoms with Gasteiger partial charge in [-0.25, -0.2) is 4.39 Å². The summed E-state index contributed by atoms with van der Waals surface area (Å²) in [5.41, 5.74) is 2.43. The van der Waals surface area contributed by atoms with Gasteiger partial charge in [-0.1, -0.05) is 30.3 Å². The molecule has 0 spiro atoms. The molecule has 8 nitrogen and oxygen atoms in total. The van der Waals surface area contributed by atoms with Crippen LogP contribution in [-0.2, 0) is 16.1 Å². The molecule has 42 heavy (non-hydrogen) atoms. The smallest absolute Gasteiger partial charge is 0.256 e. The van der Waals surface area contributed by atoms with Crippen LogP contribution >= 0.6 is 12.2 Å². The molecule has 0 bridgehead atoms. The number of rotatable bonds is 11. The van der Waals surface area contributed by atoms with Crippen LogP contribution in [0, 0.1) is 5.82 Å². The molecular weight excluding hydrogens is 553 g/mol. The maximum absolute atomic E-state index is 13.7. The first-order valence-corrected chi connectivity index (χ1v) is 14.6. The highest BCUT2D eigenvalue weighted by Crippen LogP contribution is 2.29. The Bertz CT molecular complexity index is 1370. The molecule has 0 aliphatic carbocycles. The highest BCUT2D eigenvalue weighted by molar-refractivity contribution is 7.80. The topological polar surface area (TPSA) is 68.4 Å². The molecule has 3 aromatic carbocycles. The summed E-state index contributed by atoms with van der Waals surface area (Å²) in [6, 6.07) is 22.5. The van der Waals surface area contributed by atoms with E-state index in [0.717, 1.165) is 45.7 Å². The van der Waals surface area contributed by atoms with E-state index in [1.165, 1.54) is 34.7 Å². The van der Waals surface area contributed by atoms with Crippen molar-refractivity contribution in [3.05, 3.63) is 90.2 Å². The highest BCUT2D eigenvalue weighted by Gasteiger charge is 2.44. The Morgan fingerprint density at radius 2 is 1.60 bits per heavy atom. The number of methoxy groups -OCH3 is 1. The highest BCUT2D eigenvalue weighted by atomic mass is 32.1. The summed E-state index contributed by atoms with van der Waals surface area (Å²) in [6.45, 7) is 6.37. The fourth-order valence-electron chi connectivity index (χ4n) is 5.45. The maximum atomic E-state index is 13.7. The second-order valence-corrected chi connectivity index (χ2v) is 10.9. The number of halogens is 1. The molecule has 3 aromatic rings. The van der Waals surface area contributed by atoms with Crippen molar-refractivity contribution in [1.29, 1.82) is 0 Å². The summed E-state index contributed by atoms with van der Waals surface area (Å²) in [6.07, 6.45) is 0.736. The third kappa shape index (κ3) is 7.31. The first kappa shape index (κ1) is 29.6. The lowest BCUT2D eigenvalue weighted by atomic mass is 10.1. The van der Waals surface area contributed by atoms with E-state index in [2.05, 4.69) is 39.4 Å². The zero-order valence-electron chi connectivity index (χ0n) is 23.7. The Hall–Kier alpha value is -3.86. The Labute approximate surface area is 251 Å². The minimum absolute atomic E-state index is 0.0683. The van der Waals surface area contributed by atoms with Crippen molar-refractivity contribution in [2.75, 3.05) is 56.6 Å². The van der Waals surface area contributed by atoms with Crippen molar-refractivity contribution in [1.82, 2.24) is 14.7 Å². The lowest BCUT2D eigenvalue weighted by molar-refractivity contribution is -0.124. The van der Waals surface area contributed by atoms with Crippen LogP contribution in [0.1, 0.15) is 18.4 Å². The number of hydrogen-bond acceptors (Lipinski definition) is 6. The number of ether oxygens (including phenoxy) is 1. The number of carbonyl (C=O) groups is 2. The van der Waals surface area contributed by atoms with E-state index in [1.807, 2.05) is 11.0 Å².